The van der Waals surface area contributed by atoms with Crippen LogP contribution in [-0.2, 0) is 11.2 Å². The molecule has 1 aliphatic heterocycles. The number of halogens is 1. The Bertz CT molecular complexity index is 730. The predicted molar refractivity (Wildman–Crippen MR) is 106 cm³/mol. The first-order valence-electron chi connectivity index (χ1n) is 9.78. The minimum atomic E-state index is -0.369. The van der Waals surface area contributed by atoms with Crippen molar-refractivity contribution in [2.24, 2.45) is 4.99 Å². The number of benzene rings is 1. The Hall–Kier alpha value is -2.54. The van der Waals surface area contributed by atoms with Crippen LogP contribution < -0.4 is 15.4 Å². The third kappa shape index (κ3) is 6.56. The second kappa shape index (κ2) is 10.7. The molecule has 3 rings (SSSR count). The molecule has 0 bridgehead atoms. The van der Waals surface area contributed by atoms with E-state index in [1.54, 1.807) is 24.5 Å². The van der Waals surface area contributed by atoms with Crippen LogP contribution in [0, 0.1) is 5.82 Å². The minimum absolute atomic E-state index is 0.212. The van der Waals surface area contributed by atoms with Gasteiger partial charge in [-0.25, -0.2) is 9.38 Å². The molecule has 2 N–H and O–H groups in total. The lowest BCUT2D eigenvalue weighted by molar-refractivity contribution is 0.113. The number of nitrogens with one attached hydrogen (secondary N) is 2. The van der Waals surface area contributed by atoms with E-state index in [9.17, 15) is 4.39 Å². The van der Waals surface area contributed by atoms with Crippen LogP contribution in [0.15, 0.2) is 52.1 Å². The summed E-state index contributed by atoms with van der Waals surface area (Å²) in [5.41, 5.74) is 0. The number of furan rings is 1. The summed E-state index contributed by atoms with van der Waals surface area (Å²) < 4.78 is 30.4. The molecule has 2 heterocycles. The second-order valence-corrected chi connectivity index (χ2v) is 6.82. The highest BCUT2D eigenvalue weighted by molar-refractivity contribution is 5.79. The quantitative estimate of drug-likeness (QED) is 0.509. The predicted octanol–water partition coefficient (Wildman–Crippen LogP) is 3.14. The zero-order valence-electron chi connectivity index (χ0n) is 16.2. The van der Waals surface area contributed by atoms with Crippen LogP contribution in [0.5, 0.6) is 5.75 Å². The normalized spacial score (nSPS) is 18.1. The van der Waals surface area contributed by atoms with E-state index in [0.29, 0.717) is 25.6 Å². The van der Waals surface area contributed by atoms with Gasteiger partial charge in [0.2, 0.25) is 0 Å². The van der Waals surface area contributed by atoms with Crippen molar-refractivity contribution in [3.63, 3.8) is 0 Å². The average Bonchev–Trinajstić information content (AvgIpc) is 3.39. The third-order valence-electron chi connectivity index (χ3n) is 4.44. The molecule has 152 valence electrons. The maximum Gasteiger partial charge on any atom is 0.191 e. The molecule has 1 aliphatic rings. The molecule has 1 aromatic carbocycles. The molecular formula is C21H28FN3O3. The fourth-order valence-electron chi connectivity index (χ4n) is 2.96. The summed E-state index contributed by atoms with van der Waals surface area (Å²) in [6, 6.07) is 10.2. The molecule has 0 radical (unpaired) electrons. The van der Waals surface area contributed by atoms with Gasteiger partial charge in [-0.2, -0.15) is 0 Å². The lowest BCUT2D eigenvalue weighted by atomic mass is 10.2. The molecule has 2 aromatic rings. The Morgan fingerprint density at radius 3 is 2.93 bits per heavy atom. The van der Waals surface area contributed by atoms with Gasteiger partial charge in [0.25, 0.3) is 0 Å². The summed E-state index contributed by atoms with van der Waals surface area (Å²) in [5, 5.41) is 6.63. The zero-order chi connectivity index (χ0) is 19.6. The van der Waals surface area contributed by atoms with Crippen molar-refractivity contribution >= 4 is 5.96 Å². The van der Waals surface area contributed by atoms with Crippen LogP contribution in [0.4, 0.5) is 4.39 Å². The van der Waals surface area contributed by atoms with Crippen LogP contribution in [0.3, 0.4) is 0 Å². The maximum absolute atomic E-state index is 13.7. The van der Waals surface area contributed by atoms with Gasteiger partial charge in [-0.15, -0.1) is 0 Å². The standard InChI is InChI=1S/C21H28FN3O3/c1-16(28-20-9-3-2-8-19(20)22)14-24-21(25-15-18-7-5-13-27-18)23-11-10-17-6-4-12-26-17/h2-4,6,8-9,12,16,18H,5,7,10-11,13-15H2,1H3,(H2,23,24,25). The van der Waals surface area contributed by atoms with Gasteiger partial charge in [0.05, 0.1) is 18.9 Å². The number of guanidine groups is 1. The largest absolute Gasteiger partial charge is 0.486 e. The fourth-order valence-corrected chi connectivity index (χ4v) is 2.96. The average molecular weight is 389 g/mol. The SMILES string of the molecule is CC(CN=C(NCCc1ccco1)NCC1CCCO1)Oc1ccccc1F. The summed E-state index contributed by atoms with van der Waals surface area (Å²) in [4.78, 5) is 4.59. The van der Waals surface area contributed by atoms with E-state index in [1.165, 1.54) is 6.07 Å². The second-order valence-electron chi connectivity index (χ2n) is 6.82. The van der Waals surface area contributed by atoms with Crippen LogP contribution in [0.2, 0.25) is 0 Å². The number of hydrogen-bond acceptors (Lipinski definition) is 4. The Kier molecular flexibility index (Phi) is 7.72. The first kappa shape index (κ1) is 20.2. The fraction of sp³-hybridized carbons (Fsp3) is 0.476. The van der Waals surface area contributed by atoms with Crippen molar-refractivity contribution in [1.82, 2.24) is 10.6 Å². The van der Waals surface area contributed by atoms with Gasteiger partial charge in [-0.05, 0) is 44.0 Å². The molecule has 6 nitrogen and oxygen atoms in total. The summed E-state index contributed by atoms with van der Waals surface area (Å²) in [6.45, 7) is 4.48. The van der Waals surface area contributed by atoms with Gasteiger partial charge < -0.3 is 24.5 Å². The first-order valence-corrected chi connectivity index (χ1v) is 9.78. The van der Waals surface area contributed by atoms with Crippen molar-refractivity contribution in [2.75, 3.05) is 26.2 Å². The number of hydrogen-bond donors (Lipinski definition) is 2. The highest BCUT2D eigenvalue weighted by atomic mass is 19.1. The third-order valence-corrected chi connectivity index (χ3v) is 4.44. The number of aliphatic imine (C=N–C) groups is 1. The number of rotatable bonds is 9. The molecule has 0 amide bonds. The van der Waals surface area contributed by atoms with E-state index in [0.717, 1.165) is 31.6 Å². The van der Waals surface area contributed by atoms with E-state index >= 15 is 0 Å². The summed E-state index contributed by atoms with van der Waals surface area (Å²) >= 11 is 0. The van der Waals surface area contributed by atoms with E-state index < -0.39 is 0 Å². The van der Waals surface area contributed by atoms with Crippen LogP contribution in [0.1, 0.15) is 25.5 Å². The Morgan fingerprint density at radius 2 is 2.18 bits per heavy atom. The molecule has 1 saturated heterocycles. The summed E-state index contributed by atoms with van der Waals surface area (Å²) in [6.07, 6.45) is 4.53. The van der Waals surface area contributed by atoms with Crippen molar-refractivity contribution in [3.05, 3.63) is 54.2 Å². The Morgan fingerprint density at radius 1 is 1.29 bits per heavy atom. The highest BCUT2D eigenvalue weighted by Gasteiger charge is 2.16. The summed E-state index contributed by atoms with van der Waals surface area (Å²) in [7, 11) is 0. The monoisotopic (exact) mass is 389 g/mol. The van der Waals surface area contributed by atoms with Crippen molar-refractivity contribution in [2.45, 2.75) is 38.4 Å². The molecule has 0 spiro atoms. The molecule has 2 atom stereocenters. The van der Waals surface area contributed by atoms with E-state index in [2.05, 4.69) is 15.6 Å². The molecule has 0 aliphatic carbocycles. The molecule has 0 saturated carbocycles. The molecule has 1 aromatic heterocycles. The zero-order valence-corrected chi connectivity index (χ0v) is 16.2. The number of ether oxygens (including phenoxy) is 2. The van der Waals surface area contributed by atoms with Crippen molar-refractivity contribution < 1.29 is 18.3 Å². The molecule has 1 fully saturated rings. The van der Waals surface area contributed by atoms with Gasteiger partial charge in [-0.1, -0.05) is 12.1 Å². The lowest BCUT2D eigenvalue weighted by Crippen LogP contribution is -2.42. The first-order chi connectivity index (χ1) is 13.7. The number of para-hydroxylation sites is 1. The van der Waals surface area contributed by atoms with E-state index in [4.69, 9.17) is 13.9 Å². The minimum Gasteiger partial charge on any atom is -0.486 e. The van der Waals surface area contributed by atoms with Gasteiger partial charge in [0, 0.05) is 26.1 Å². The molecule has 7 heteroatoms. The molecule has 2 unspecified atom stereocenters. The van der Waals surface area contributed by atoms with Gasteiger partial charge in [0.15, 0.2) is 17.5 Å². The van der Waals surface area contributed by atoms with Crippen LogP contribution in [0.25, 0.3) is 0 Å². The Labute approximate surface area is 165 Å². The lowest BCUT2D eigenvalue weighted by Gasteiger charge is -2.17. The van der Waals surface area contributed by atoms with E-state index in [1.807, 2.05) is 19.1 Å². The van der Waals surface area contributed by atoms with Crippen molar-refractivity contribution in [1.29, 1.82) is 0 Å². The van der Waals surface area contributed by atoms with Crippen LogP contribution >= 0.6 is 0 Å². The molecule has 28 heavy (non-hydrogen) atoms. The number of nitrogens with zero attached hydrogens (tertiary/aromatic N) is 1. The van der Waals surface area contributed by atoms with Gasteiger partial charge in [0.1, 0.15) is 11.9 Å². The van der Waals surface area contributed by atoms with Crippen LogP contribution in [-0.4, -0.2) is 44.4 Å². The van der Waals surface area contributed by atoms with Gasteiger partial charge >= 0.3 is 0 Å². The maximum atomic E-state index is 13.7. The van der Waals surface area contributed by atoms with E-state index in [-0.39, 0.29) is 23.8 Å². The van der Waals surface area contributed by atoms with Gasteiger partial charge in [-0.3, -0.25) is 0 Å². The highest BCUT2D eigenvalue weighted by Crippen LogP contribution is 2.17. The Balaban J connectivity index is 1.51. The topological polar surface area (TPSA) is 68.0 Å². The molecular weight excluding hydrogens is 361 g/mol. The smallest absolute Gasteiger partial charge is 0.191 e. The summed E-state index contributed by atoms with van der Waals surface area (Å²) in [5.74, 6) is 1.48. The van der Waals surface area contributed by atoms with Crippen molar-refractivity contribution in [3.8, 4) is 5.75 Å².